The van der Waals surface area contributed by atoms with Gasteiger partial charge in [0.05, 0.1) is 0 Å². The molecule has 2 atom stereocenters. The van der Waals surface area contributed by atoms with E-state index in [2.05, 4.69) is 0 Å². The second-order valence-corrected chi connectivity index (χ2v) is 4.43. The summed E-state index contributed by atoms with van der Waals surface area (Å²) in [6, 6.07) is 1.06. The van der Waals surface area contributed by atoms with Gasteiger partial charge in [-0.05, 0) is 25.0 Å². The summed E-state index contributed by atoms with van der Waals surface area (Å²) >= 11 is 0. The molecular weight excluding hydrogens is 252 g/mol. The molecule has 0 aromatic heterocycles. The van der Waals surface area contributed by atoms with Gasteiger partial charge in [-0.1, -0.05) is 0 Å². The number of esters is 1. The summed E-state index contributed by atoms with van der Waals surface area (Å²) in [6.07, 6.45) is -1.06. The average Bonchev–Trinajstić information content (AvgIpc) is 2.34. The Morgan fingerprint density at radius 2 is 2.00 bits per heavy atom. The van der Waals surface area contributed by atoms with Gasteiger partial charge in [-0.15, -0.1) is 0 Å². The molecular formula is C13H14O6. The number of phenolic OH excluding ortho intramolecular Hbond substituents is 2. The SMILES string of the molecule is CO[C@@H]1OC(=O)c2c(O)cc(O)c(C)c2[C@H]1C(C)=O. The number of aromatic hydroxyl groups is 2. The maximum absolute atomic E-state index is 11.9. The number of hydrogen-bond acceptors (Lipinski definition) is 6. The molecule has 0 bridgehead atoms. The quantitative estimate of drug-likeness (QED) is 0.782. The molecule has 0 amide bonds. The highest BCUT2D eigenvalue weighted by atomic mass is 16.7. The molecule has 1 heterocycles. The second kappa shape index (κ2) is 4.55. The zero-order chi connectivity index (χ0) is 14.3. The predicted octanol–water partition coefficient (Wildman–Crippen LogP) is 1.22. The minimum absolute atomic E-state index is 0.0937. The van der Waals surface area contributed by atoms with Crippen molar-refractivity contribution in [3.63, 3.8) is 0 Å². The first kappa shape index (κ1) is 13.4. The highest BCUT2D eigenvalue weighted by molar-refractivity contribution is 6.00. The average molecular weight is 266 g/mol. The van der Waals surface area contributed by atoms with Gasteiger partial charge in [0.25, 0.3) is 0 Å². The molecule has 6 heteroatoms. The van der Waals surface area contributed by atoms with E-state index in [1.165, 1.54) is 14.0 Å². The standard InChI is InChI=1S/C13H14O6/c1-5-7(15)4-8(16)11-9(5)10(6(2)14)13(18-3)19-12(11)17/h4,10,13,15-16H,1-3H3/t10-,13-/m1/s1. The maximum Gasteiger partial charge on any atom is 0.344 e. The molecule has 1 aliphatic rings. The first-order chi connectivity index (χ1) is 8.88. The number of carbonyl (C=O) groups excluding carboxylic acids is 2. The third-order valence-corrected chi connectivity index (χ3v) is 3.27. The van der Waals surface area contributed by atoms with E-state index in [1.807, 2.05) is 0 Å². The van der Waals surface area contributed by atoms with Crippen LogP contribution in [0.5, 0.6) is 11.5 Å². The van der Waals surface area contributed by atoms with Crippen LogP contribution in [-0.2, 0) is 14.3 Å². The normalized spacial score (nSPS) is 21.7. The number of ketones is 1. The van der Waals surface area contributed by atoms with E-state index in [-0.39, 0.29) is 22.7 Å². The number of Topliss-reactive ketones (excluding diaryl/α,β-unsaturated/α-hetero) is 1. The van der Waals surface area contributed by atoms with Crippen molar-refractivity contribution in [3.8, 4) is 11.5 Å². The minimum Gasteiger partial charge on any atom is -0.508 e. The Balaban J connectivity index is 2.77. The van der Waals surface area contributed by atoms with Gasteiger partial charge in [0.15, 0.2) is 0 Å². The fourth-order valence-electron chi connectivity index (χ4n) is 2.32. The number of rotatable bonds is 2. The molecule has 0 unspecified atom stereocenters. The molecule has 1 aromatic rings. The summed E-state index contributed by atoms with van der Waals surface area (Å²) in [6.45, 7) is 2.90. The van der Waals surface area contributed by atoms with Gasteiger partial charge in [-0.25, -0.2) is 4.79 Å². The van der Waals surface area contributed by atoms with Crippen molar-refractivity contribution in [2.75, 3.05) is 7.11 Å². The van der Waals surface area contributed by atoms with E-state index >= 15 is 0 Å². The zero-order valence-electron chi connectivity index (χ0n) is 10.8. The van der Waals surface area contributed by atoms with Crippen molar-refractivity contribution in [1.82, 2.24) is 0 Å². The lowest BCUT2D eigenvalue weighted by molar-refractivity contribution is -0.139. The van der Waals surface area contributed by atoms with E-state index < -0.39 is 23.9 Å². The van der Waals surface area contributed by atoms with Crippen molar-refractivity contribution >= 4 is 11.8 Å². The molecule has 2 rings (SSSR count). The summed E-state index contributed by atoms with van der Waals surface area (Å²) in [4.78, 5) is 23.6. The van der Waals surface area contributed by atoms with Crippen LogP contribution in [0, 0.1) is 6.92 Å². The Hall–Kier alpha value is -2.08. The largest absolute Gasteiger partial charge is 0.508 e. The van der Waals surface area contributed by atoms with Crippen LogP contribution in [0.25, 0.3) is 0 Å². The number of fused-ring (bicyclic) bond motifs is 1. The number of phenols is 2. The van der Waals surface area contributed by atoms with Crippen molar-refractivity contribution in [2.45, 2.75) is 26.1 Å². The Morgan fingerprint density at radius 3 is 2.53 bits per heavy atom. The molecule has 1 aromatic carbocycles. The van der Waals surface area contributed by atoms with Crippen molar-refractivity contribution in [2.24, 2.45) is 0 Å². The van der Waals surface area contributed by atoms with Crippen LogP contribution < -0.4 is 0 Å². The monoisotopic (exact) mass is 266 g/mol. The van der Waals surface area contributed by atoms with Crippen LogP contribution in [-0.4, -0.2) is 35.4 Å². The van der Waals surface area contributed by atoms with E-state index in [9.17, 15) is 19.8 Å². The topological polar surface area (TPSA) is 93.1 Å². The van der Waals surface area contributed by atoms with Crippen LogP contribution in [0.1, 0.15) is 34.3 Å². The van der Waals surface area contributed by atoms with Gasteiger partial charge in [0.2, 0.25) is 6.29 Å². The predicted molar refractivity (Wildman–Crippen MR) is 64.1 cm³/mol. The van der Waals surface area contributed by atoms with Crippen molar-refractivity contribution in [1.29, 1.82) is 0 Å². The number of carbonyl (C=O) groups is 2. The van der Waals surface area contributed by atoms with Gasteiger partial charge in [0, 0.05) is 13.2 Å². The molecule has 1 aliphatic heterocycles. The molecule has 102 valence electrons. The fourth-order valence-corrected chi connectivity index (χ4v) is 2.32. The molecule has 6 nitrogen and oxygen atoms in total. The minimum atomic E-state index is -1.06. The highest BCUT2D eigenvalue weighted by Crippen LogP contribution is 2.42. The lowest BCUT2D eigenvalue weighted by Gasteiger charge is -2.31. The third kappa shape index (κ3) is 1.94. The van der Waals surface area contributed by atoms with E-state index in [1.54, 1.807) is 6.92 Å². The zero-order valence-corrected chi connectivity index (χ0v) is 10.8. The number of cyclic esters (lactones) is 1. The van der Waals surface area contributed by atoms with Gasteiger partial charge >= 0.3 is 5.97 Å². The first-order valence-corrected chi connectivity index (χ1v) is 5.68. The van der Waals surface area contributed by atoms with Gasteiger partial charge in [-0.3, -0.25) is 4.79 Å². The lowest BCUT2D eigenvalue weighted by atomic mass is 9.84. The summed E-state index contributed by atoms with van der Waals surface area (Å²) < 4.78 is 9.99. The van der Waals surface area contributed by atoms with Crippen LogP contribution in [0.3, 0.4) is 0 Å². The molecule has 2 N–H and O–H groups in total. The Morgan fingerprint density at radius 1 is 1.37 bits per heavy atom. The number of methoxy groups -OCH3 is 1. The maximum atomic E-state index is 11.9. The van der Waals surface area contributed by atoms with Gasteiger partial charge in [0.1, 0.15) is 28.8 Å². The Kier molecular flexibility index (Phi) is 3.20. The first-order valence-electron chi connectivity index (χ1n) is 5.68. The molecule has 0 fully saturated rings. The Labute approximate surface area is 109 Å². The van der Waals surface area contributed by atoms with Crippen LogP contribution in [0.4, 0.5) is 0 Å². The smallest absolute Gasteiger partial charge is 0.344 e. The molecule has 0 radical (unpaired) electrons. The lowest BCUT2D eigenvalue weighted by Crippen LogP contribution is -2.37. The molecule has 19 heavy (non-hydrogen) atoms. The summed E-state index contributed by atoms with van der Waals surface area (Å²) in [5.74, 6) is -2.53. The van der Waals surface area contributed by atoms with E-state index in [4.69, 9.17) is 9.47 Å². The van der Waals surface area contributed by atoms with E-state index in [0.29, 0.717) is 5.56 Å². The number of ether oxygens (including phenoxy) is 2. The fraction of sp³-hybridized carbons (Fsp3) is 0.385. The molecule has 0 spiro atoms. The highest BCUT2D eigenvalue weighted by Gasteiger charge is 2.42. The molecule has 0 aliphatic carbocycles. The van der Waals surface area contributed by atoms with Crippen LogP contribution in [0.15, 0.2) is 6.07 Å². The van der Waals surface area contributed by atoms with Crippen LogP contribution >= 0.6 is 0 Å². The molecule has 0 saturated carbocycles. The second-order valence-electron chi connectivity index (χ2n) is 4.43. The number of benzene rings is 1. The van der Waals surface area contributed by atoms with Crippen LogP contribution in [0.2, 0.25) is 0 Å². The number of hydrogen-bond donors (Lipinski definition) is 2. The summed E-state index contributed by atoms with van der Waals surface area (Å²) in [5.41, 5.74) is 0.517. The van der Waals surface area contributed by atoms with Crippen molar-refractivity contribution < 1.29 is 29.3 Å². The molecule has 0 saturated heterocycles. The third-order valence-electron chi connectivity index (χ3n) is 3.27. The summed E-state index contributed by atoms with van der Waals surface area (Å²) in [5, 5.41) is 19.5. The Bertz CT molecular complexity index is 563. The van der Waals surface area contributed by atoms with Gasteiger partial charge in [-0.2, -0.15) is 0 Å². The summed E-state index contributed by atoms with van der Waals surface area (Å²) in [7, 11) is 1.32. The van der Waals surface area contributed by atoms with Gasteiger partial charge < -0.3 is 19.7 Å². The van der Waals surface area contributed by atoms with E-state index in [0.717, 1.165) is 6.07 Å². The van der Waals surface area contributed by atoms with Crippen molar-refractivity contribution in [3.05, 3.63) is 22.8 Å².